The Morgan fingerprint density at radius 2 is 2.70 bits per heavy atom. The molecule has 0 spiro atoms. The van der Waals surface area contributed by atoms with Crippen molar-refractivity contribution in [3.8, 4) is 0 Å². The highest BCUT2D eigenvalue weighted by molar-refractivity contribution is 7.09. The summed E-state index contributed by atoms with van der Waals surface area (Å²) < 4.78 is 0. The second-order valence-corrected chi connectivity index (χ2v) is 3.09. The van der Waals surface area contributed by atoms with Gasteiger partial charge in [-0.25, -0.2) is 4.98 Å². The summed E-state index contributed by atoms with van der Waals surface area (Å²) in [6, 6.07) is 0. The topological polar surface area (TPSA) is 59.1 Å². The van der Waals surface area contributed by atoms with Gasteiger partial charge < -0.3 is 10.8 Å². The van der Waals surface area contributed by atoms with Gasteiger partial charge in [-0.3, -0.25) is 0 Å². The third-order valence-corrected chi connectivity index (χ3v) is 2.21. The van der Waals surface area contributed by atoms with Gasteiger partial charge in [0.2, 0.25) is 0 Å². The van der Waals surface area contributed by atoms with Crippen molar-refractivity contribution < 1.29 is 5.11 Å². The maximum atomic E-state index is 9.49. The van der Waals surface area contributed by atoms with E-state index in [1.807, 2.05) is 0 Å². The van der Waals surface area contributed by atoms with Crippen molar-refractivity contribution in [1.29, 1.82) is 0 Å². The minimum Gasteiger partial charge on any atom is -0.382 e. The van der Waals surface area contributed by atoms with Gasteiger partial charge in [-0.05, 0) is 6.92 Å². The average molecular weight is 157 g/mol. The Balaban J connectivity index is 2.85. The first-order valence-corrected chi connectivity index (χ1v) is 3.73. The smallest absolute Gasteiger partial charge is 0.126 e. The lowest BCUT2D eigenvalue weighted by Gasteiger charge is -2.16. The molecule has 4 heteroatoms. The predicted octanol–water partition coefficient (Wildman–Crippen LogP) is 0.109. The molecule has 0 aliphatic rings. The highest BCUT2D eigenvalue weighted by Crippen LogP contribution is 2.19. The molecule has 0 fully saturated rings. The number of thiazole rings is 1. The summed E-state index contributed by atoms with van der Waals surface area (Å²) in [5, 5.41) is 12.9. The van der Waals surface area contributed by atoms with Crippen LogP contribution in [0, 0.1) is 5.38 Å². The zero-order chi connectivity index (χ0) is 7.61. The molecule has 1 atom stereocenters. The molecule has 1 unspecified atom stereocenters. The Morgan fingerprint density at radius 1 is 2.00 bits per heavy atom. The van der Waals surface area contributed by atoms with Crippen molar-refractivity contribution in [3.05, 3.63) is 16.6 Å². The number of nitrogens with two attached hydrogens (primary N) is 1. The maximum Gasteiger partial charge on any atom is 0.126 e. The van der Waals surface area contributed by atoms with E-state index < -0.39 is 5.60 Å². The van der Waals surface area contributed by atoms with Crippen LogP contribution in [0.4, 0.5) is 0 Å². The first-order chi connectivity index (χ1) is 4.67. The van der Waals surface area contributed by atoms with E-state index in [2.05, 4.69) is 10.4 Å². The van der Waals surface area contributed by atoms with Crippen LogP contribution >= 0.6 is 11.3 Å². The summed E-state index contributed by atoms with van der Waals surface area (Å²) in [7, 11) is 0. The molecule has 1 rings (SSSR count). The molecule has 0 saturated heterocycles. The molecule has 0 aliphatic heterocycles. The Bertz CT molecular complexity index is 196. The summed E-state index contributed by atoms with van der Waals surface area (Å²) in [6.07, 6.45) is 1.53. The first-order valence-electron chi connectivity index (χ1n) is 2.91. The van der Waals surface area contributed by atoms with Gasteiger partial charge in [0.1, 0.15) is 10.6 Å². The fraction of sp³-hybridized carbons (Fsp3) is 0.500. The average Bonchev–Trinajstić information content (AvgIpc) is 2.38. The predicted molar refractivity (Wildman–Crippen MR) is 39.6 cm³/mol. The number of aliphatic hydroxyl groups is 1. The van der Waals surface area contributed by atoms with Gasteiger partial charge in [0.15, 0.2) is 0 Å². The van der Waals surface area contributed by atoms with Gasteiger partial charge in [0, 0.05) is 12.7 Å². The molecule has 1 heterocycles. The van der Waals surface area contributed by atoms with E-state index >= 15 is 0 Å². The van der Waals surface area contributed by atoms with Gasteiger partial charge in [-0.1, -0.05) is 0 Å². The quantitative estimate of drug-likeness (QED) is 0.640. The van der Waals surface area contributed by atoms with E-state index in [-0.39, 0.29) is 6.54 Å². The fourth-order valence-corrected chi connectivity index (χ4v) is 1.16. The van der Waals surface area contributed by atoms with Crippen LogP contribution in [0.15, 0.2) is 6.20 Å². The van der Waals surface area contributed by atoms with Crippen LogP contribution < -0.4 is 5.73 Å². The van der Waals surface area contributed by atoms with Gasteiger partial charge in [0.25, 0.3) is 0 Å². The largest absolute Gasteiger partial charge is 0.382 e. The highest BCUT2D eigenvalue weighted by atomic mass is 32.1. The summed E-state index contributed by atoms with van der Waals surface area (Å²) in [6.45, 7) is 1.83. The van der Waals surface area contributed by atoms with E-state index in [1.165, 1.54) is 17.5 Å². The molecule has 1 aromatic heterocycles. The van der Waals surface area contributed by atoms with Gasteiger partial charge in [0.05, 0.1) is 5.38 Å². The molecule has 55 valence electrons. The van der Waals surface area contributed by atoms with Crippen molar-refractivity contribution in [1.82, 2.24) is 4.98 Å². The molecule has 1 radical (unpaired) electrons. The molecular formula is C6H9N2OS. The molecule has 3 N–H and O–H groups in total. The number of rotatable bonds is 2. The van der Waals surface area contributed by atoms with Crippen molar-refractivity contribution in [3.63, 3.8) is 0 Å². The summed E-state index contributed by atoms with van der Waals surface area (Å²) in [4.78, 5) is 3.89. The van der Waals surface area contributed by atoms with Crippen LogP contribution in [0.2, 0.25) is 0 Å². The fourth-order valence-electron chi connectivity index (χ4n) is 0.530. The zero-order valence-electron chi connectivity index (χ0n) is 5.66. The zero-order valence-corrected chi connectivity index (χ0v) is 6.48. The monoisotopic (exact) mass is 157 g/mol. The molecular weight excluding hydrogens is 148 g/mol. The highest BCUT2D eigenvalue weighted by Gasteiger charge is 2.23. The van der Waals surface area contributed by atoms with Crippen molar-refractivity contribution in [2.45, 2.75) is 12.5 Å². The summed E-state index contributed by atoms with van der Waals surface area (Å²) in [5.74, 6) is 0. The Kier molecular flexibility index (Phi) is 2.03. The van der Waals surface area contributed by atoms with Crippen LogP contribution in [0.1, 0.15) is 11.9 Å². The molecule has 0 saturated carbocycles. The van der Waals surface area contributed by atoms with E-state index in [4.69, 9.17) is 5.73 Å². The lowest BCUT2D eigenvalue weighted by Crippen LogP contribution is -2.30. The summed E-state index contributed by atoms with van der Waals surface area (Å²) >= 11 is 1.29. The van der Waals surface area contributed by atoms with Gasteiger partial charge in [-0.2, -0.15) is 0 Å². The van der Waals surface area contributed by atoms with E-state index in [1.54, 1.807) is 6.92 Å². The van der Waals surface area contributed by atoms with Gasteiger partial charge in [-0.15, -0.1) is 11.3 Å². The molecule has 0 bridgehead atoms. The van der Waals surface area contributed by atoms with Gasteiger partial charge >= 0.3 is 0 Å². The third-order valence-electron chi connectivity index (χ3n) is 1.25. The van der Waals surface area contributed by atoms with E-state index in [0.717, 1.165) is 0 Å². The Labute approximate surface area is 63.5 Å². The normalized spacial score (nSPS) is 16.7. The minimum atomic E-state index is -0.981. The van der Waals surface area contributed by atoms with Crippen molar-refractivity contribution in [2.24, 2.45) is 5.73 Å². The van der Waals surface area contributed by atoms with Crippen molar-refractivity contribution in [2.75, 3.05) is 6.54 Å². The third kappa shape index (κ3) is 1.34. The standard InChI is InChI=1S/C6H9N2OS/c1-6(9,4-7)5-8-2-3-10-5/h2,9H,4,7H2,1H3. The van der Waals surface area contributed by atoms with Crippen LogP contribution in [0.5, 0.6) is 0 Å². The molecule has 3 nitrogen and oxygen atoms in total. The van der Waals surface area contributed by atoms with Crippen LogP contribution in [0.3, 0.4) is 0 Å². The van der Waals surface area contributed by atoms with Crippen LogP contribution in [-0.4, -0.2) is 16.6 Å². The molecule has 0 aromatic carbocycles. The number of aromatic nitrogens is 1. The van der Waals surface area contributed by atoms with Crippen LogP contribution in [-0.2, 0) is 5.60 Å². The first kappa shape index (κ1) is 7.65. The number of hydrogen-bond donors (Lipinski definition) is 2. The Hall–Kier alpha value is -0.450. The minimum absolute atomic E-state index is 0.189. The number of nitrogens with zero attached hydrogens (tertiary/aromatic N) is 1. The summed E-state index contributed by atoms with van der Waals surface area (Å²) in [5.41, 5.74) is 4.32. The molecule has 10 heavy (non-hydrogen) atoms. The molecule has 0 aliphatic carbocycles. The molecule has 0 amide bonds. The number of hydrogen-bond acceptors (Lipinski definition) is 4. The second-order valence-electron chi connectivity index (χ2n) is 2.26. The maximum absolute atomic E-state index is 9.49. The SMILES string of the molecule is CC(O)(CN)c1nc[c]s1. The van der Waals surface area contributed by atoms with Crippen LogP contribution in [0.25, 0.3) is 0 Å². The van der Waals surface area contributed by atoms with E-state index in [0.29, 0.717) is 5.01 Å². The van der Waals surface area contributed by atoms with E-state index in [9.17, 15) is 5.11 Å². The second kappa shape index (κ2) is 2.65. The Morgan fingerprint density at radius 3 is 3.10 bits per heavy atom. The lowest BCUT2D eigenvalue weighted by molar-refractivity contribution is 0.0665. The van der Waals surface area contributed by atoms with Crippen molar-refractivity contribution >= 4 is 11.3 Å². The lowest BCUT2D eigenvalue weighted by atomic mass is 10.1. The molecule has 1 aromatic rings.